The van der Waals surface area contributed by atoms with Crippen LogP contribution < -0.4 is 10.2 Å². The van der Waals surface area contributed by atoms with Gasteiger partial charge in [0.15, 0.2) is 5.78 Å². The van der Waals surface area contributed by atoms with E-state index < -0.39 is 57.6 Å². The predicted molar refractivity (Wildman–Crippen MR) is 117 cm³/mol. The molecule has 0 spiro atoms. The molecule has 190 valence electrons. The Kier molecular flexibility index (Phi) is 5.81. The van der Waals surface area contributed by atoms with Crippen molar-refractivity contribution in [2.75, 3.05) is 4.90 Å². The third kappa shape index (κ3) is 4.06. The minimum atomic E-state index is -5.48. The largest absolute Gasteiger partial charge is 0.425 e. The summed E-state index contributed by atoms with van der Waals surface area (Å²) in [6, 6.07) is 10.1. The molecule has 36 heavy (non-hydrogen) atoms. The zero-order chi connectivity index (χ0) is 26.7. The van der Waals surface area contributed by atoms with Crippen molar-refractivity contribution in [3.05, 3.63) is 77.0 Å². The number of halogens is 6. The number of carbonyl (C=O) groups excluding carboxylic acids is 3. The molecule has 11 heteroatoms. The second kappa shape index (κ2) is 8.21. The minimum absolute atomic E-state index is 0.0555. The van der Waals surface area contributed by atoms with Crippen LogP contribution in [-0.4, -0.2) is 29.3 Å². The van der Waals surface area contributed by atoms with E-state index in [9.17, 15) is 40.7 Å². The van der Waals surface area contributed by atoms with Gasteiger partial charge in [-0.1, -0.05) is 38.1 Å². The molecule has 0 radical (unpaired) electrons. The molecular formula is C25H20F6N2O3. The molecule has 1 atom stereocenters. The Hall–Kier alpha value is -3.63. The summed E-state index contributed by atoms with van der Waals surface area (Å²) in [7, 11) is 0. The summed E-state index contributed by atoms with van der Waals surface area (Å²) in [6.07, 6.45) is -10.7. The van der Waals surface area contributed by atoms with E-state index >= 15 is 0 Å². The van der Waals surface area contributed by atoms with E-state index in [1.165, 1.54) is 24.3 Å². The summed E-state index contributed by atoms with van der Waals surface area (Å²) in [4.78, 5) is 40.5. The lowest BCUT2D eigenvalue weighted by Crippen LogP contribution is -2.66. The zero-order valence-corrected chi connectivity index (χ0v) is 19.1. The van der Waals surface area contributed by atoms with Crippen LogP contribution in [0.2, 0.25) is 0 Å². The van der Waals surface area contributed by atoms with Gasteiger partial charge in [0.25, 0.3) is 11.8 Å². The lowest BCUT2D eigenvalue weighted by atomic mass is 9.72. The number of amides is 2. The maximum Gasteiger partial charge on any atom is 0.425 e. The molecule has 0 fully saturated rings. The van der Waals surface area contributed by atoms with Gasteiger partial charge in [0, 0.05) is 23.4 Å². The van der Waals surface area contributed by atoms with Crippen LogP contribution in [0.4, 0.5) is 32.0 Å². The number of ketones is 1. The van der Waals surface area contributed by atoms with E-state index in [1.54, 1.807) is 25.2 Å². The van der Waals surface area contributed by atoms with Gasteiger partial charge >= 0.3 is 12.4 Å². The highest BCUT2D eigenvalue weighted by atomic mass is 19.4. The van der Waals surface area contributed by atoms with Crippen molar-refractivity contribution >= 4 is 23.3 Å². The van der Waals surface area contributed by atoms with Crippen LogP contribution in [0.3, 0.4) is 0 Å². The lowest BCUT2D eigenvalue weighted by Gasteiger charge is -2.35. The highest BCUT2D eigenvalue weighted by Gasteiger charge is 2.72. The zero-order valence-electron chi connectivity index (χ0n) is 19.1. The summed E-state index contributed by atoms with van der Waals surface area (Å²) < 4.78 is 83.8. The number of rotatable bonds is 3. The van der Waals surface area contributed by atoms with Crippen LogP contribution in [0, 0.1) is 5.41 Å². The Morgan fingerprint density at radius 1 is 0.917 bits per heavy atom. The Balaban J connectivity index is 1.91. The third-order valence-corrected chi connectivity index (χ3v) is 6.21. The molecule has 0 saturated carbocycles. The topological polar surface area (TPSA) is 66.5 Å². The molecule has 1 aliphatic heterocycles. The van der Waals surface area contributed by atoms with E-state index in [0.29, 0.717) is 12.1 Å². The number of benzene rings is 2. The van der Waals surface area contributed by atoms with Crippen LogP contribution in [-0.2, 0) is 15.8 Å². The first-order valence-electron chi connectivity index (χ1n) is 10.8. The van der Waals surface area contributed by atoms with Crippen molar-refractivity contribution in [3.63, 3.8) is 0 Å². The van der Waals surface area contributed by atoms with Crippen molar-refractivity contribution < 1.29 is 40.7 Å². The van der Waals surface area contributed by atoms with E-state index in [1.807, 2.05) is 0 Å². The van der Waals surface area contributed by atoms with Gasteiger partial charge in [-0.2, -0.15) is 26.3 Å². The van der Waals surface area contributed by atoms with Crippen LogP contribution in [0.15, 0.2) is 65.9 Å². The van der Waals surface area contributed by atoms with Gasteiger partial charge in [0.2, 0.25) is 5.54 Å². The van der Waals surface area contributed by atoms with Crippen molar-refractivity contribution in [2.45, 2.75) is 44.6 Å². The number of hydrogen-bond donors (Lipinski definition) is 1. The van der Waals surface area contributed by atoms with Crippen molar-refractivity contribution in [1.82, 2.24) is 5.32 Å². The fourth-order valence-electron chi connectivity index (χ4n) is 4.68. The fourth-order valence-corrected chi connectivity index (χ4v) is 4.68. The molecule has 1 heterocycles. The molecule has 2 aliphatic rings. The Labute approximate surface area is 201 Å². The number of allylic oxidation sites excluding steroid dienone is 1. The number of alkyl halides is 6. The fraction of sp³-hybridized carbons (Fsp3) is 0.320. The Morgan fingerprint density at radius 3 is 2.14 bits per heavy atom. The van der Waals surface area contributed by atoms with E-state index in [4.69, 9.17) is 0 Å². The normalized spacial score (nSPS) is 22.1. The minimum Gasteiger partial charge on any atom is -0.326 e. The number of para-hydroxylation sites is 1. The maximum atomic E-state index is 14.8. The lowest BCUT2D eigenvalue weighted by molar-refractivity contribution is -0.186. The summed E-state index contributed by atoms with van der Waals surface area (Å²) in [5.41, 5.74) is -7.61. The molecule has 2 aromatic rings. The van der Waals surface area contributed by atoms with Gasteiger partial charge in [-0.05, 0) is 42.2 Å². The van der Waals surface area contributed by atoms with Gasteiger partial charge in [-0.25, -0.2) is 0 Å². The van der Waals surface area contributed by atoms with E-state index in [-0.39, 0.29) is 24.2 Å². The molecule has 2 aromatic carbocycles. The number of nitrogens with one attached hydrogen (secondary N) is 1. The van der Waals surface area contributed by atoms with Crippen LogP contribution in [0.25, 0.3) is 0 Å². The average molecular weight is 510 g/mol. The molecule has 5 nitrogen and oxygen atoms in total. The van der Waals surface area contributed by atoms with Crippen molar-refractivity contribution in [1.29, 1.82) is 0 Å². The molecule has 1 N–H and O–H groups in total. The average Bonchev–Trinajstić information content (AvgIpc) is 3.01. The molecular weight excluding hydrogens is 490 g/mol. The molecule has 4 rings (SSSR count). The van der Waals surface area contributed by atoms with Gasteiger partial charge < -0.3 is 5.32 Å². The SMILES string of the molecule is CC1(C)CC(=O)C2=C(C1)N(c1ccccc1)C(=O)C2(NC(=O)c1cccc(C(F)(F)F)c1)C(F)(F)F. The first kappa shape index (κ1) is 25.5. The summed E-state index contributed by atoms with van der Waals surface area (Å²) in [5.74, 6) is -4.18. The van der Waals surface area contributed by atoms with Gasteiger partial charge in [0.1, 0.15) is 0 Å². The van der Waals surface area contributed by atoms with Crippen LogP contribution in [0.1, 0.15) is 42.6 Å². The second-order valence-corrected chi connectivity index (χ2v) is 9.52. The smallest absolute Gasteiger partial charge is 0.326 e. The summed E-state index contributed by atoms with van der Waals surface area (Å²) in [5, 5.41) is 1.63. The Bertz CT molecular complexity index is 1280. The number of hydrogen-bond acceptors (Lipinski definition) is 3. The third-order valence-electron chi connectivity index (χ3n) is 6.21. The molecule has 1 unspecified atom stereocenters. The van der Waals surface area contributed by atoms with E-state index in [0.717, 1.165) is 17.0 Å². The predicted octanol–water partition coefficient (Wildman–Crippen LogP) is 5.43. The number of Topliss-reactive ketones (excluding diaryl/α,β-unsaturated/α-hetero) is 1. The van der Waals surface area contributed by atoms with Gasteiger partial charge in [0.05, 0.1) is 11.1 Å². The van der Waals surface area contributed by atoms with Crippen molar-refractivity contribution in [3.8, 4) is 0 Å². The first-order valence-corrected chi connectivity index (χ1v) is 10.8. The molecule has 0 saturated heterocycles. The highest BCUT2D eigenvalue weighted by Crippen LogP contribution is 2.52. The van der Waals surface area contributed by atoms with Crippen molar-refractivity contribution in [2.24, 2.45) is 5.41 Å². The Morgan fingerprint density at radius 2 is 1.56 bits per heavy atom. The quantitative estimate of drug-likeness (QED) is 0.561. The van der Waals surface area contributed by atoms with Gasteiger partial charge in [-0.3, -0.25) is 19.3 Å². The summed E-state index contributed by atoms with van der Waals surface area (Å²) >= 11 is 0. The van der Waals surface area contributed by atoms with E-state index in [2.05, 4.69) is 0 Å². The highest BCUT2D eigenvalue weighted by molar-refractivity contribution is 6.21. The standard InChI is InChI=1S/C25H20F6N2O3/c1-22(2)12-17-19(18(34)13-22)23(25(29,30)31,21(36)33(17)16-9-4-3-5-10-16)32-20(35)14-7-6-8-15(11-14)24(26,27)28/h3-11H,12-13H2,1-2H3,(H,32,35). The molecule has 1 aliphatic carbocycles. The molecule has 0 bridgehead atoms. The first-order chi connectivity index (χ1) is 16.6. The van der Waals surface area contributed by atoms with Crippen LogP contribution in [0.5, 0.6) is 0 Å². The van der Waals surface area contributed by atoms with Gasteiger partial charge in [-0.15, -0.1) is 0 Å². The number of nitrogens with zero attached hydrogens (tertiary/aromatic N) is 1. The van der Waals surface area contributed by atoms with Crippen LogP contribution >= 0.6 is 0 Å². The number of carbonyl (C=O) groups is 3. The second-order valence-electron chi connectivity index (χ2n) is 9.52. The monoisotopic (exact) mass is 510 g/mol. The maximum absolute atomic E-state index is 14.8. The summed E-state index contributed by atoms with van der Waals surface area (Å²) in [6.45, 7) is 3.33. The number of anilines is 1. The molecule has 0 aromatic heterocycles. The molecule has 2 amide bonds.